The summed E-state index contributed by atoms with van der Waals surface area (Å²) in [5.74, 6) is 0.207. The number of carbonyl (C=O) groups excluding carboxylic acids is 1. The lowest BCUT2D eigenvalue weighted by atomic mass is 10.0. The molecule has 1 unspecified atom stereocenters. The number of para-hydroxylation sites is 1. The number of nitrogens with one attached hydrogen (secondary N) is 1. The standard InChI is InChI=1S/C18H20N6O/c1-12-4-2-3-5-16(12)24-11-14(8-21-24)18(25)23-7-6-13(10-23)17-15(19)9-20-22-17/h2-5,8-9,11,13H,6-7,10,19H2,1H3,(H,20,22). The van der Waals surface area contributed by atoms with Crippen molar-refractivity contribution >= 4 is 11.6 Å². The first-order valence-electron chi connectivity index (χ1n) is 8.32. The molecule has 7 nitrogen and oxygen atoms in total. The Morgan fingerprint density at radius 2 is 2.16 bits per heavy atom. The molecule has 1 aliphatic heterocycles. The lowest BCUT2D eigenvalue weighted by Crippen LogP contribution is -2.28. The number of carbonyl (C=O) groups is 1. The summed E-state index contributed by atoms with van der Waals surface area (Å²) in [6, 6.07) is 7.97. The van der Waals surface area contributed by atoms with Crippen molar-refractivity contribution in [3.63, 3.8) is 0 Å². The molecule has 1 amide bonds. The molecule has 128 valence electrons. The van der Waals surface area contributed by atoms with Crippen molar-refractivity contribution < 1.29 is 4.79 Å². The fourth-order valence-corrected chi connectivity index (χ4v) is 3.38. The van der Waals surface area contributed by atoms with Crippen molar-refractivity contribution in [3.8, 4) is 5.69 Å². The highest BCUT2D eigenvalue weighted by atomic mass is 16.2. The molecule has 3 N–H and O–H groups in total. The minimum atomic E-state index is 0.000390. The summed E-state index contributed by atoms with van der Waals surface area (Å²) < 4.78 is 1.75. The smallest absolute Gasteiger partial charge is 0.257 e. The summed E-state index contributed by atoms with van der Waals surface area (Å²) in [7, 11) is 0. The molecule has 1 fully saturated rings. The zero-order valence-corrected chi connectivity index (χ0v) is 14.0. The van der Waals surface area contributed by atoms with E-state index in [0.717, 1.165) is 23.4 Å². The van der Waals surface area contributed by atoms with Crippen LogP contribution in [0.3, 0.4) is 0 Å². The van der Waals surface area contributed by atoms with Gasteiger partial charge in [0.05, 0.1) is 35.0 Å². The fraction of sp³-hybridized carbons (Fsp3) is 0.278. The normalized spacial score (nSPS) is 17.2. The molecule has 0 saturated carbocycles. The Labute approximate surface area is 145 Å². The molecular weight excluding hydrogens is 316 g/mol. The van der Waals surface area contributed by atoms with E-state index in [9.17, 15) is 4.79 Å². The molecule has 2 aromatic heterocycles. The number of rotatable bonds is 3. The van der Waals surface area contributed by atoms with E-state index in [1.54, 1.807) is 23.3 Å². The number of hydrogen-bond acceptors (Lipinski definition) is 4. The van der Waals surface area contributed by atoms with Crippen LogP contribution >= 0.6 is 0 Å². The molecule has 0 aliphatic carbocycles. The summed E-state index contributed by atoms with van der Waals surface area (Å²) in [5, 5.41) is 11.3. The highest BCUT2D eigenvalue weighted by Gasteiger charge is 2.30. The van der Waals surface area contributed by atoms with Gasteiger partial charge in [-0.05, 0) is 25.0 Å². The van der Waals surface area contributed by atoms with E-state index < -0.39 is 0 Å². The van der Waals surface area contributed by atoms with Crippen LogP contribution in [0.15, 0.2) is 42.9 Å². The number of nitrogens with two attached hydrogens (primary N) is 1. The van der Waals surface area contributed by atoms with Gasteiger partial charge in [0.1, 0.15) is 0 Å². The number of nitrogen functional groups attached to an aromatic ring is 1. The highest BCUT2D eigenvalue weighted by Crippen LogP contribution is 2.30. The minimum absolute atomic E-state index is 0.000390. The molecule has 25 heavy (non-hydrogen) atoms. The second kappa shape index (κ2) is 6.08. The van der Waals surface area contributed by atoms with Crippen molar-refractivity contribution in [2.75, 3.05) is 18.8 Å². The molecule has 0 radical (unpaired) electrons. The van der Waals surface area contributed by atoms with E-state index in [1.165, 1.54) is 0 Å². The molecule has 0 bridgehead atoms. The number of aryl methyl sites for hydroxylation is 1. The second-order valence-electron chi connectivity index (χ2n) is 6.44. The average Bonchev–Trinajstić information content (AvgIpc) is 3.34. The zero-order chi connectivity index (χ0) is 17.4. The zero-order valence-electron chi connectivity index (χ0n) is 14.0. The number of aromatic amines is 1. The second-order valence-corrected chi connectivity index (χ2v) is 6.44. The van der Waals surface area contributed by atoms with Gasteiger partial charge in [-0.15, -0.1) is 0 Å². The number of likely N-dealkylation sites (tertiary alicyclic amines) is 1. The van der Waals surface area contributed by atoms with Crippen LogP contribution < -0.4 is 5.73 Å². The van der Waals surface area contributed by atoms with Gasteiger partial charge in [0.15, 0.2) is 0 Å². The Balaban J connectivity index is 1.51. The van der Waals surface area contributed by atoms with E-state index in [1.807, 2.05) is 36.1 Å². The lowest BCUT2D eigenvalue weighted by molar-refractivity contribution is 0.0790. The van der Waals surface area contributed by atoms with Gasteiger partial charge in [-0.2, -0.15) is 10.2 Å². The number of hydrogen-bond donors (Lipinski definition) is 2. The molecule has 4 rings (SSSR count). The van der Waals surface area contributed by atoms with Gasteiger partial charge in [0.2, 0.25) is 0 Å². The molecule has 1 aromatic carbocycles. The fourth-order valence-electron chi connectivity index (χ4n) is 3.38. The third kappa shape index (κ3) is 2.77. The Bertz CT molecular complexity index is 912. The Morgan fingerprint density at radius 1 is 1.32 bits per heavy atom. The van der Waals surface area contributed by atoms with E-state index in [0.29, 0.717) is 24.3 Å². The maximum absolute atomic E-state index is 12.8. The Morgan fingerprint density at radius 3 is 2.92 bits per heavy atom. The molecule has 1 atom stereocenters. The van der Waals surface area contributed by atoms with Gasteiger partial charge < -0.3 is 10.6 Å². The van der Waals surface area contributed by atoms with Crippen molar-refractivity contribution in [2.24, 2.45) is 0 Å². The predicted octanol–water partition coefficient (Wildman–Crippen LogP) is 2.12. The van der Waals surface area contributed by atoms with Crippen LogP contribution in [0.25, 0.3) is 5.69 Å². The van der Waals surface area contributed by atoms with E-state index in [-0.39, 0.29) is 11.8 Å². The van der Waals surface area contributed by atoms with Crippen LogP contribution in [0.1, 0.15) is 34.0 Å². The van der Waals surface area contributed by atoms with E-state index in [4.69, 9.17) is 5.73 Å². The van der Waals surface area contributed by atoms with Crippen molar-refractivity contribution in [1.29, 1.82) is 0 Å². The maximum atomic E-state index is 12.8. The number of anilines is 1. The van der Waals surface area contributed by atoms with Gasteiger partial charge in [0.25, 0.3) is 5.91 Å². The minimum Gasteiger partial charge on any atom is -0.396 e. The van der Waals surface area contributed by atoms with Crippen LogP contribution in [0, 0.1) is 6.92 Å². The molecule has 3 aromatic rings. The lowest BCUT2D eigenvalue weighted by Gasteiger charge is -2.15. The summed E-state index contributed by atoms with van der Waals surface area (Å²) in [6.07, 6.45) is 5.92. The van der Waals surface area contributed by atoms with Gasteiger partial charge >= 0.3 is 0 Å². The summed E-state index contributed by atoms with van der Waals surface area (Å²) in [6.45, 7) is 3.37. The summed E-state index contributed by atoms with van der Waals surface area (Å²) >= 11 is 0. The molecular formula is C18H20N6O. The summed E-state index contributed by atoms with van der Waals surface area (Å²) in [4.78, 5) is 14.6. The van der Waals surface area contributed by atoms with Gasteiger partial charge in [0, 0.05) is 25.2 Å². The van der Waals surface area contributed by atoms with Gasteiger partial charge in [-0.25, -0.2) is 4.68 Å². The Kier molecular flexibility index (Phi) is 3.76. The van der Waals surface area contributed by atoms with Crippen LogP contribution in [0.2, 0.25) is 0 Å². The highest BCUT2D eigenvalue weighted by molar-refractivity contribution is 5.94. The van der Waals surface area contributed by atoms with E-state index >= 15 is 0 Å². The number of amides is 1. The topological polar surface area (TPSA) is 92.8 Å². The third-order valence-electron chi connectivity index (χ3n) is 4.78. The quantitative estimate of drug-likeness (QED) is 0.766. The van der Waals surface area contributed by atoms with E-state index in [2.05, 4.69) is 15.3 Å². The van der Waals surface area contributed by atoms with Gasteiger partial charge in [-0.1, -0.05) is 18.2 Å². The number of aromatic nitrogens is 4. The third-order valence-corrected chi connectivity index (χ3v) is 4.78. The van der Waals surface area contributed by atoms with Crippen LogP contribution in [-0.4, -0.2) is 43.9 Å². The molecule has 1 aliphatic rings. The molecule has 0 spiro atoms. The van der Waals surface area contributed by atoms with Crippen molar-refractivity contribution in [1.82, 2.24) is 24.9 Å². The number of benzene rings is 1. The van der Waals surface area contributed by atoms with Crippen molar-refractivity contribution in [3.05, 3.63) is 59.7 Å². The average molecular weight is 336 g/mol. The van der Waals surface area contributed by atoms with Crippen LogP contribution in [0.4, 0.5) is 5.69 Å². The predicted molar refractivity (Wildman–Crippen MR) is 94.6 cm³/mol. The molecule has 7 heteroatoms. The monoisotopic (exact) mass is 336 g/mol. The number of nitrogens with zero attached hydrogens (tertiary/aromatic N) is 4. The van der Waals surface area contributed by atoms with Gasteiger partial charge in [-0.3, -0.25) is 9.89 Å². The first-order chi connectivity index (χ1) is 12.1. The molecule has 1 saturated heterocycles. The SMILES string of the molecule is Cc1ccccc1-n1cc(C(=O)N2CCC(c3[nH]ncc3N)C2)cn1. The largest absolute Gasteiger partial charge is 0.396 e. The molecule has 3 heterocycles. The van der Waals surface area contributed by atoms with Crippen LogP contribution in [0.5, 0.6) is 0 Å². The van der Waals surface area contributed by atoms with Crippen LogP contribution in [-0.2, 0) is 0 Å². The first-order valence-corrected chi connectivity index (χ1v) is 8.32. The van der Waals surface area contributed by atoms with Crippen molar-refractivity contribution in [2.45, 2.75) is 19.3 Å². The Hall–Kier alpha value is -3.09. The first kappa shape index (κ1) is 15.4. The maximum Gasteiger partial charge on any atom is 0.257 e. The number of H-pyrrole nitrogens is 1. The summed E-state index contributed by atoms with van der Waals surface area (Å²) in [5.41, 5.74) is 10.2.